The zero-order valence-corrected chi connectivity index (χ0v) is 17.6. The number of hydrogen-bond acceptors (Lipinski definition) is 6. The first-order valence-electron chi connectivity index (χ1n) is 8.52. The number of carbonyl (C=O) groups excluding carboxylic acids is 1. The number of hydrogen-bond donors (Lipinski definition) is 1. The Labute approximate surface area is 172 Å². The summed E-state index contributed by atoms with van der Waals surface area (Å²) in [5, 5.41) is 5.85. The highest BCUT2D eigenvalue weighted by atomic mass is 35.5. The molecule has 2 unspecified atom stereocenters. The maximum absolute atomic E-state index is 12.5. The normalized spacial score (nSPS) is 20.5. The molecule has 0 spiro atoms. The molecule has 1 amide bonds. The van der Waals surface area contributed by atoms with Crippen LogP contribution in [0.25, 0.3) is 0 Å². The van der Waals surface area contributed by atoms with Gasteiger partial charge in [-0.1, -0.05) is 23.2 Å². The summed E-state index contributed by atoms with van der Waals surface area (Å²) in [4.78, 5) is 19.3. The average Bonchev–Trinajstić information content (AvgIpc) is 3.00. The van der Waals surface area contributed by atoms with Gasteiger partial charge >= 0.3 is 0 Å². The molecule has 0 saturated carbocycles. The second kappa shape index (κ2) is 8.75. The highest BCUT2D eigenvalue weighted by Gasteiger charge is 2.23. The van der Waals surface area contributed by atoms with Crippen LogP contribution in [0.2, 0.25) is 10.0 Å². The van der Waals surface area contributed by atoms with Gasteiger partial charge in [0.25, 0.3) is 5.91 Å². The second-order valence-corrected chi connectivity index (χ2v) is 8.20. The van der Waals surface area contributed by atoms with Crippen molar-refractivity contribution >= 4 is 45.6 Å². The molecule has 1 aliphatic heterocycles. The number of nitrogens with zero attached hydrogens (tertiary/aromatic N) is 2. The van der Waals surface area contributed by atoms with E-state index in [9.17, 15) is 4.79 Å². The van der Waals surface area contributed by atoms with Crippen LogP contribution in [0.1, 0.15) is 29.9 Å². The molecule has 9 heteroatoms. The van der Waals surface area contributed by atoms with Crippen LogP contribution in [-0.2, 0) is 11.3 Å². The summed E-state index contributed by atoms with van der Waals surface area (Å²) in [6, 6.07) is 3.04. The van der Waals surface area contributed by atoms with E-state index in [4.69, 9.17) is 32.7 Å². The van der Waals surface area contributed by atoms with Crippen LogP contribution in [0.3, 0.4) is 0 Å². The van der Waals surface area contributed by atoms with Gasteiger partial charge in [0, 0.05) is 30.6 Å². The fourth-order valence-electron chi connectivity index (χ4n) is 3.13. The van der Waals surface area contributed by atoms with Crippen LogP contribution in [0.5, 0.6) is 5.75 Å². The Hall–Kier alpha value is -1.38. The fraction of sp³-hybridized carbons (Fsp3) is 0.444. The number of anilines is 1. The van der Waals surface area contributed by atoms with Gasteiger partial charge in [0.1, 0.15) is 0 Å². The first kappa shape index (κ1) is 20.4. The van der Waals surface area contributed by atoms with Crippen molar-refractivity contribution in [3.63, 3.8) is 0 Å². The Morgan fingerprint density at radius 2 is 1.96 bits per heavy atom. The van der Waals surface area contributed by atoms with E-state index in [0.717, 1.165) is 25.3 Å². The van der Waals surface area contributed by atoms with E-state index in [2.05, 4.69) is 29.0 Å². The summed E-state index contributed by atoms with van der Waals surface area (Å²) < 4.78 is 10.8. The van der Waals surface area contributed by atoms with Gasteiger partial charge in [-0.25, -0.2) is 4.98 Å². The smallest absolute Gasteiger partial charge is 0.257 e. The molecule has 0 aliphatic carbocycles. The standard InChI is InChI=1S/C18H21Cl2N3O3S/c1-10-6-23(7-11(2)26-10)8-13-9-27-18(21-13)22-17(24)12-4-14(19)16(25-3)15(20)5-12/h4-5,9-11H,6-8H2,1-3H3,(H,21,22,24). The Balaban J connectivity index is 1.64. The van der Waals surface area contributed by atoms with Gasteiger partial charge in [-0.3, -0.25) is 15.0 Å². The molecule has 2 heterocycles. The zero-order chi connectivity index (χ0) is 19.6. The topological polar surface area (TPSA) is 63.7 Å². The first-order valence-corrected chi connectivity index (χ1v) is 10.2. The maximum atomic E-state index is 12.5. The molecule has 27 heavy (non-hydrogen) atoms. The molecule has 2 atom stereocenters. The molecule has 1 aromatic heterocycles. The maximum Gasteiger partial charge on any atom is 0.257 e. The molecule has 1 fully saturated rings. The van der Waals surface area contributed by atoms with Gasteiger partial charge in [-0.2, -0.15) is 0 Å². The lowest BCUT2D eigenvalue weighted by molar-refractivity contribution is -0.0707. The molecular weight excluding hydrogens is 409 g/mol. The van der Waals surface area contributed by atoms with Gasteiger partial charge < -0.3 is 9.47 Å². The summed E-state index contributed by atoms with van der Waals surface area (Å²) in [6.07, 6.45) is 0.409. The van der Waals surface area contributed by atoms with E-state index in [0.29, 0.717) is 16.4 Å². The third-order valence-electron chi connectivity index (χ3n) is 4.12. The van der Waals surface area contributed by atoms with E-state index in [-0.39, 0.29) is 28.2 Å². The lowest BCUT2D eigenvalue weighted by Crippen LogP contribution is -2.44. The Morgan fingerprint density at radius 1 is 1.33 bits per heavy atom. The number of amides is 1. The van der Waals surface area contributed by atoms with E-state index >= 15 is 0 Å². The van der Waals surface area contributed by atoms with Gasteiger partial charge in [-0.05, 0) is 26.0 Å². The van der Waals surface area contributed by atoms with E-state index < -0.39 is 0 Å². The van der Waals surface area contributed by atoms with Gasteiger partial charge in [0.2, 0.25) is 0 Å². The molecule has 146 valence electrons. The number of aromatic nitrogens is 1. The van der Waals surface area contributed by atoms with Gasteiger partial charge in [0.15, 0.2) is 10.9 Å². The molecule has 6 nitrogen and oxygen atoms in total. The lowest BCUT2D eigenvalue weighted by atomic mass is 10.2. The van der Waals surface area contributed by atoms with Crippen molar-refractivity contribution in [2.24, 2.45) is 0 Å². The van der Waals surface area contributed by atoms with Crippen molar-refractivity contribution < 1.29 is 14.3 Å². The third-order valence-corrected chi connectivity index (χ3v) is 5.49. The van der Waals surface area contributed by atoms with Crippen molar-refractivity contribution in [1.29, 1.82) is 0 Å². The molecule has 1 saturated heterocycles. The van der Waals surface area contributed by atoms with Crippen molar-refractivity contribution in [2.75, 3.05) is 25.5 Å². The fourth-order valence-corrected chi connectivity index (χ4v) is 4.47. The van der Waals surface area contributed by atoms with Crippen LogP contribution in [0.4, 0.5) is 5.13 Å². The summed E-state index contributed by atoms with van der Waals surface area (Å²) in [5.41, 5.74) is 1.26. The van der Waals surface area contributed by atoms with E-state index in [1.54, 1.807) is 0 Å². The van der Waals surface area contributed by atoms with Crippen LogP contribution in [-0.4, -0.2) is 48.2 Å². The average molecular weight is 430 g/mol. The molecular formula is C18H21Cl2N3O3S. The Morgan fingerprint density at radius 3 is 2.56 bits per heavy atom. The van der Waals surface area contributed by atoms with Gasteiger partial charge in [0.05, 0.1) is 35.1 Å². The monoisotopic (exact) mass is 429 g/mol. The number of benzene rings is 1. The number of rotatable bonds is 5. The number of ether oxygens (including phenoxy) is 2. The number of nitrogens with one attached hydrogen (secondary N) is 1. The summed E-state index contributed by atoms with van der Waals surface area (Å²) in [6.45, 7) is 6.60. The Kier molecular flexibility index (Phi) is 6.60. The molecule has 2 aromatic rings. The number of thiazole rings is 1. The van der Waals surface area contributed by atoms with Crippen molar-refractivity contribution in [1.82, 2.24) is 9.88 Å². The molecule has 1 aromatic carbocycles. The van der Waals surface area contributed by atoms with E-state index in [1.165, 1.54) is 30.6 Å². The lowest BCUT2D eigenvalue weighted by Gasteiger charge is -2.34. The number of methoxy groups -OCH3 is 1. The SMILES string of the molecule is COc1c(Cl)cc(C(=O)Nc2nc(CN3CC(C)OC(C)C3)cs2)cc1Cl. The molecule has 1 aliphatic rings. The molecule has 1 N–H and O–H groups in total. The van der Waals surface area contributed by atoms with Crippen molar-refractivity contribution in [2.45, 2.75) is 32.6 Å². The third kappa shape index (κ3) is 5.12. The molecule has 0 bridgehead atoms. The van der Waals surface area contributed by atoms with Crippen LogP contribution in [0.15, 0.2) is 17.5 Å². The van der Waals surface area contributed by atoms with Crippen LogP contribution in [0, 0.1) is 0 Å². The first-order chi connectivity index (χ1) is 12.9. The van der Waals surface area contributed by atoms with Crippen LogP contribution < -0.4 is 10.1 Å². The quantitative estimate of drug-likeness (QED) is 0.766. The minimum absolute atomic E-state index is 0.205. The number of morpholine rings is 1. The second-order valence-electron chi connectivity index (χ2n) is 6.52. The van der Waals surface area contributed by atoms with Crippen molar-refractivity contribution in [3.8, 4) is 5.75 Å². The van der Waals surface area contributed by atoms with Crippen molar-refractivity contribution in [3.05, 3.63) is 38.8 Å². The zero-order valence-electron chi connectivity index (χ0n) is 15.3. The Bertz CT molecular complexity index is 797. The number of carbonyl (C=O) groups is 1. The summed E-state index contributed by atoms with van der Waals surface area (Å²) >= 11 is 13.6. The summed E-state index contributed by atoms with van der Waals surface area (Å²) in [5.74, 6) is 0.0244. The van der Waals surface area contributed by atoms with E-state index in [1.807, 2.05) is 5.38 Å². The number of halogens is 2. The van der Waals surface area contributed by atoms with Crippen LogP contribution >= 0.6 is 34.5 Å². The van der Waals surface area contributed by atoms with Gasteiger partial charge in [-0.15, -0.1) is 11.3 Å². The largest absolute Gasteiger partial charge is 0.494 e. The minimum Gasteiger partial charge on any atom is -0.494 e. The summed E-state index contributed by atoms with van der Waals surface area (Å²) in [7, 11) is 1.47. The highest BCUT2D eigenvalue weighted by Crippen LogP contribution is 2.34. The predicted molar refractivity (Wildman–Crippen MR) is 108 cm³/mol. The molecule has 3 rings (SSSR count). The minimum atomic E-state index is -0.323. The predicted octanol–water partition coefficient (Wildman–Crippen LogP) is 4.32. The molecule has 0 radical (unpaired) electrons. The highest BCUT2D eigenvalue weighted by molar-refractivity contribution is 7.14.